The maximum atomic E-state index is 6.57. The second-order valence-electron chi connectivity index (χ2n) is 18.9. The molecule has 0 nitrogen and oxygen atoms in total. The van der Waals surface area contributed by atoms with Crippen molar-refractivity contribution >= 4 is 18.1 Å². The molecule has 4 aromatic rings. The van der Waals surface area contributed by atoms with E-state index in [9.17, 15) is 0 Å². The van der Waals surface area contributed by atoms with Crippen LogP contribution in [0.2, 0.25) is 5.02 Å². The molecular weight excluding hydrogens is 774 g/mol. The first-order chi connectivity index (χ1) is 23.2. The zero-order chi connectivity index (χ0) is 36.6. The molecule has 0 atom stereocenters. The maximum absolute atomic E-state index is 6.57. The first-order valence-electron chi connectivity index (χ1n) is 18.5. The number of hydrogen-bond acceptors (Lipinski definition) is 0. The van der Waals surface area contributed by atoms with E-state index in [0.717, 1.165) is 17.9 Å². The minimum absolute atomic E-state index is 0. The van der Waals surface area contributed by atoms with E-state index in [-0.39, 0.29) is 46.5 Å². The summed E-state index contributed by atoms with van der Waals surface area (Å²) in [6.07, 6.45) is 9.21. The van der Waals surface area contributed by atoms with Crippen LogP contribution >= 0.6 is 11.6 Å². The molecule has 274 valence electrons. The number of rotatable bonds is 4. The molecule has 0 radical (unpaired) electrons. The summed E-state index contributed by atoms with van der Waals surface area (Å²) in [4.78, 5) is 0. The molecule has 0 amide bonds. The normalized spacial score (nSPS) is 14.3. The third kappa shape index (κ3) is 8.30. The molecule has 0 spiro atoms. The van der Waals surface area contributed by atoms with Crippen LogP contribution in [0.3, 0.4) is 0 Å². The molecule has 0 saturated carbocycles. The number of benzene rings is 4. The summed E-state index contributed by atoms with van der Waals surface area (Å²) in [5.41, 5.74) is 16.1. The molecule has 0 saturated heterocycles. The molecule has 0 aromatic heterocycles. The largest absolute Gasteiger partial charge is 1.00 e. The van der Waals surface area contributed by atoms with E-state index in [2.05, 4.69) is 175 Å². The average molecular weight is 832 g/mol. The Kier molecular flexibility index (Phi) is 12.5. The van der Waals surface area contributed by atoms with Gasteiger partial charge in [-0.3, -0.25) is 0 Å². The molecule has 0 fully saturated rings. The second kappa shape index (κ2) is 15.3. The van der Waals surface area contributed by atoms with Gasteiger partial charge in [-0.2, -0.15) is 0 Å². The van der Waals surface area contributed by atoms with Crippen LogP contribution in [0.4, 0.5) is 0 Å². The number of halogens is 3. The van der Waals surface area contributed by atoms with Crippen molar-refractivity contribution in [3.05, 3.63) is 143 Å². The van der Waals surface area contributed by atoms with Crippen molar-refractivity contribution in [2.24, 2.45) is 0 Å². The predicted octanol–water partition coefficient (Wildman–Crippen LogP) is 6.77. The van der Waals surface area contributed by atoms with Gasteiger partial charge in [-0.15, -0.1) is 0 Å². The third-order valence-electron chi connectivity index (χ3n) is 10.6. The van der Waals surface area contributed by atoms with Crippen LogP contribution < -0.4 is 28.1 Å². The Morgan fingerprint density at radius 3 is 1.60 bits per heavy atom. The minimum Gasteiger partial charge on any atom is -1.00 e. The number of aryl methyl sites for hydroxylation is 1. The van der Waals surface area contributed by atoms with Gasteiger partial charge in [0.1, 0.15) is 0 Å². The number of fused-ring (bicyclic) bond motifs is 3. The Morgan fingerprint density at radius 2 is 1.12 bits per heavy atom. The molecular formula is C48H57Cl3Zr. The molecule has 0 heterocycles. The van der Waals surface area contributed by atoms with Crippen LogP contribution in [0.1, 0.15) is 140 Å². The topological polar surface area (TPSA) is 0 Å². The summed E-state index contributed by atoms with van der Waals surface area (Å²) < 4.78 is 4.91. The van der Waals surface area contributed by atoms with Gasteiger partial charge in [0.05, 0.1) is 0 Å². The van der Waals surface area contributed by atoms with Gasteiger partial charge in [0.2, 0.25) is 0 Å². The monoisotopic (exact) mass is 828 g/mol. The molecule has 0 N–H and O–H groups in total. The van der Waals surface area contributed by atoms with E-state index in [1.165, 1.54) is 50.1 Å². The van der Waals surface area contributed by atoms with Crippen molar-refractivity contribution < 1.29 is 46.1 Å². The van der Waals surface area contributed by atoms with E-state index in [1.54, 1.807) is 20.9 Å². The van der Waals surface area contributed by atoms with E-state index < -0.39 is 21.3 Å². The van der Waals surface area contributed by atoms with Gasteiger partial charge >= 0.3 is 318 Å². The van der Waals surface area contributed by atoms with Gasteiger partial charge in [0, 0.05) is 0 Å². The first-order valence-corrected chi connectivity index (χ1v) is 22.6. The van der Waals surface area contributed by atoms with Crippen molar-refractivity contribution in [1.82, 2.24) is 0 Å². The smallest absolute Gasteiger partial charge is 1.00 e. The van der Waals surface area contributed by atoms with E-state index >= 15 is 0 Å². The standard InChI is InChI=1S/C29H41.C14H11Cl.C5H5.2ClH.Zr/c1-26(2,3)22-14-18-13-19-15-23(27(4,5)6)25(29(10,11)12)17-21(19)20(18)16-24(22)28(7,8)9;1-11-2-4-12(5-3-11)10-13-6-8-14(15)9-7-13;1-2-4-5-3-1;;;/h14,16-17H,13H2,1-12H3;2-9H,1H3;1-3H,4H2;2*1H;/q;;;;;+2/p-2. The second-order valence-corrected chi connectivity index (χ2v) is 25.2. The fourth-order valence-corrected chi connectivity index (χ4v) is 17.3. The van der Waals surface area contributed by atoms with Gasteiger partial charge in [-0.05, 0) is 0 Å². The quantitative estimate of drug-likeness (QED) is 0.188. The summed E-state index contributed by atoms with van der Waals surface area (Å²) >= 11 is 3.59. The molecule has 2 aliphatic carbocycles. The molecule has 52 heavy (non-hydrogen) atoms. The van der Waals surface area contributed by atoms with Crippen LogP contribution in [-0.2, 0) is 49.3 Å². The molecule has 0 aliphatic heterocycles. The zero-order valence-corrected chi connectivity index (χ0v) is 38.4. The average Bonchev–Trinajstić information content (AvgIpc) is 3.66. The number of hydrogen-bond donors (Lipinski definition) is 0. The Bertz CT molecular complexity index is 2020. The molecule has 4 heteroatoms. The van der Waals surface area contributed by atoms with Crippen LogP contribution in [0.25, 0.3) is 11.1 Å². The summed E-state index contributed by atoms with van der Waals surface area (Å²) in [5, 5.41) is 0.787. The summed E-state index contributed by atoms with van der Waals surface area (Å²) in [7, 11) is 0. The van der Waals surface area contributed by atoms with Crippen LogP contribution in [0.15, 0.2) is 88.2 Å². The summed E-state index contributed by atoms with van der Waals surface area (Å²) in [5.74, 6) is 0. The van der Waals surface area contributed by atoms with Crippen molar-refractivity contribution in [3.63, 3.8) is 0 Å². The van der Waals surface area contributed by atoms with Gasteiger partial charge in [-0.25, -0.2) is 0 Å². The summed E-state index contributed by atoms with van der Waals surface area (Å²) in [6, 6.07) is 25.9. The van der Waals surface area contributed by atoms with Gasteiger partial charge in [0.25, 0.3) is 0 Å². The Balaban J connectivity index is 0.00000302. The summed E-state index contributed by atoms with van der Waals surface area (Å²) in [6.45, 7) is 31.2. The Morgan fingerprint density at radius 1 is 0.615 bits per heavy atom. The predicted molar refractivity (Wildman–Crippen MR) is 217 cm³/mol. The van der Waals surface area contributed by atoms with Crippen molar-refractivity contribution in [2.45, 2.75) is 125 Å². The van der Waals surface area contributed by atoms with Crippen LogP contribution in [0, 0.1) is 6.92 Å². The maximum Gasteiger partial charge on any atom is -1.00 e. The fraction of sp³-hybridized carbons (Fsp3) is 0.396. The molecule has 0 unspecified atom stereocenters. The molecule has 2 aliphatic rings. The fourth-order valence-electron chi connectivity index (χ4n) is 8.14. The van der Waals surface area contributed by atoms with Crippen LogP contribution in [0.5, 0.6) is 0 Å². The van der Waals surface area contributed by atoms with E-state index in [0.29, 0.717) is 0 Å². The van der Waals surface area contributed by atoms with Crippen LogP contribution in [-0.4, -0.2) is 3.21 Å². The van der Waals surface area contributed by atoms with E-state index in [1.807, 2.05) is 0 Å². The SMILES string of the molecule is Cc1ccc(/[C](c2ccc(Cl)cc2)=[Zr+2](\[C]2=CC=CC2)[c]2c3c(cc(C(C)(C)C)c2C(C)(C)C)-c2cc(C(C)(C)C)c(C(C)(C)C)cc2C3)cc1.[Cl-].[Cl-]. The van der Waals surface area contributed by atoms with Crippen molar-refractivity contribution in [1.29, 1.82) is 0 Å². The van der Waals surface area contributed by atoms with Gasteiger partial charge in [-0.1, -0.05) is 0 Å². The third-order valence-corrected chi connectivity index (χ3v) is 18.6. The molecule has 0 bridgehead atoms. The molecule has 6 rings (SSSR count). The molecule has 4 aromatic carbocycles. The Labute approximate surface area is 340 Å². The van der Waals surface area contributed by atoms with Gasteiger partial charge in [0.15, 0.2) is 0 Å². The first kappa shape index (κ1) is 42.7. The van der Waals surface area contributed by atoms with E-state index in [4.69, 9.17) is 11.6 Å². The van der Waals surface area contributed by atoms with Gasteiger partial charge < -0.3 is 24.8 Å². The van der Waals surface area contributed by atoms with Crippen molar-refractivity contribution in [2.75, 3.05) is 0 Å². The Hall–Kier alpha value is -2.02. The van der Waals surface area contributed by atoms with Crippen molar-refractivity contribution in [3.8, 4) is 11.1 Å². The number of allylic oxidation sites excluding steroid dienone is 4. The zero-order valence-electron chi connectivity index (χ0n) is 33.6. The minimum atomic E-state index is -2.97.